The summed E-state index contributed by atoms with van der Waals surface area (Å²) < 4.78 is 32.5. The first-order valence-corrected chi connectivity index (χ1v) is 11.1. The number of hydrogen-bond donors (Lipinski definition) is 1. The van der Waals surface area contributed by atoms with Gasteiger partial charge in [0.2, 0.25) is 15.9 Å². The molecule has 1 amide bonds. The van der Waals surface area contributed by atoms with Gasteiger partial charge in [-0.05, 0) is 37.0 Å². The maximum atomic E-state index is 12.9. The third-order valence-electron chi connectivity index (χ3n) is 5.44. The quantitative estimate of drug-likeness (QED) is 0.760. The van der Waals surface area contributed by atoms with Crippen molar-refractivity contribution in [2.45, 2.75) is 43.0 Å². The minimum atomic E-state index is -3.54. The van der Waals surface area contributed by atoms with Gasteiger partial charge < -0.3 is 15.4 Å². The van der Waals surface area contributed by atoms with Gasteiger partial charge in [-0.1, -0.05) is 25.5 Å². The largest absolute Gasteiger partial charge is 0.381 e. The number of benzene rings is 1. The van der Waals surface area contributed by atoms with Crippen LogP contribution in [-0.4, -0.2) is 68.5 Å². The van der Waals surface area contributed by atoms with Gasteiger partial charge in [-0.2, -0.15) is 4.31 Å². The van der Waals surface area contributed by atoms with Gasteiger partial charge in [-0.25, -0.2) is 8.42 Å². The number of aryl methyl sites for hydroxylation is 1. The number of nitrogens with two attached hydrogens (primary N) is 1. The number of carbonyl (C=O) groups excluding carboxylic acids is 1. The Hall–Kier alpha value is -1.19. The van der Waals surface area contributed by atoms with Gasteiger partial charge in [-0.3, -0.25) is 4.79 Å². The zero-order valence-electron chi connectivity index (χ0n) is 16.3. The first-order valence-electron chi connectivity index (χ1n) is 9.62. The highest BCUT2D eigenvalue weighted by molar-refractivity contribution is 7.89. The van der Waals surface area contributed by atoms with E-state index in [4.69, 9.17) is 10.5 Å². The molecule has 158 valence electrons. The van der Waals surface area contributed by atoms with Crippen LogP contribution in [0.15, 0.2) is 29.2 Å². The molecule has 2 fully saturated rings. The van der Waals surface area contributed by atoms with Crippen LogP contribution in [0.25, 0.3) is 0 Å². The lowest BCUT2D eigenvalue weighted by atomic mass is 9.89. The zero-order chi connectivity index (χ0) is 19.5. The Labute approximate surface area is 173 Å². The van der Waals surface area contributed by atoms with Crippen molar-refractivity contribution >= 4 is 28.3 Å². The van der Waals surface area contributed by atoms with E-state index in [2.05, 4.69) is 6.92 Å². The van der Waals surface area contributed by atoms with Crippen LogP contribution in [0.5, 0.6) is 0 Å². The molecule has 2 saturated heterocycles. The van der Waals surface area contributed by atoms with Crippen molar-refractivity contribution in [3.05, 3.63) is 29.8 Å². The molecule has 0 saturated carbocycles. The second-order valence-electron chi connectivity index (χ2n) is 7.36. The van der Waals surface area contributed by atoms with Crippen molar-refractivity contribution in [3.63, 3.8) is 0 Å². The molecule has 9 heteroatoms. The second kappa shape index (κ2) is 9.54. The lowest BCUT2D eigenvalue weighted by Crippen LogP contribution is -2.61. The molecule has 0 unspecified atom stereocenters. The Bertz CT molecular complexity index is 756. The highest BCUT2D eigenvalue weighted by Crippen LogP contribution is 2.23. The van der Waals surface area contributed by atoms with E-state index in [-0.39, 0.29) is 31.4 Å². The molecule has 0 atom stereocenters. The first kappa shape index (κ1) is 23.1. The van der Waals surface area contributed by atoms with Gasteiger partial charge >= 0.3 is 0 Å². The molecule has 2 N–H and O–H groups in total. The number of amides is 1. The minimum absolute atomic E-state index is 0. The SMILES string of the molecule is CCCc1ccc(S(=O)(=O)N2CCN(C(=O)C3(N)CCOCC3)CC2)cc1.Cl. The van der Waals surface area contributed by atoms with Crippen LogP contribution in [0.3, 0.4) is 0 Å². The summed E-state index contributed by atoms with van der Waals surface area (Å²) >= 11 is 0. The van der Waals surface area contributed by atoms with Crippen molar-refractivity contribution in [1.82, 2.24) is 9.21 Å². The Morgan fingerprint density at radius 2 is 1.68 bits per heavy atom. The van der Waals surface area contributed by atoms with E-state index in [9.17, 15) is 13.2 Å². The standard InChI is InChI=1S/C19H29N3O4S.ClH/c1-2-3-16-4-6-17(7-5-16)27(24,25)22-12-10-21(11-13-22)18(23)19(20)8-14-26-15-9-19;/h4-7H,2-3,8-15,20H2,1H3;1H. The summed E-state index contributed by atoms with van der Waals surface area (Å²) in [6, 6.07) is 7.10. The predicted octanol–water partition coefficient (Wildman–Crippen LogP) is 1.40. The van der Waals surface area contributed by atoms with Crippen LogP contribution in [0.1, 0.15) is 31.7 Å². The average molecular weight is 432 g/mol. The Morgan fingerprint density at radius 1 is 1.11 bits per heavy atom. The average Bonchev–Trinajstić information content (AvgIpc) is 2.69. The molecular weight excluding hydrogens is 402 g/mol. The molecule has 1 aromatic rings. The summed E-state index contributed by atoms with van der Waals surface area (Å²) in [6.07, 6.45) is 2.98. The third-order valence-corrected chi connectivity index (χ3v) is 7.35. The molecule has 2 aliphatic heterocycles. The van der Waals surface area contributed by atoms with Crippen LogP contribution in [0.2, 0.25) is 0 Å². The van der Waals surface area contributed by atoms with Crippen LogP contribution in [0.4, 0.5) is 0 Å². The fourth-order valence-corrected chi connectivity index (χ4v) is 5.08. The van der Waals surface area contributed by atoms with E-state index >= 15 is 0 Å². The summed E-state index contributed by atoms with van der Waals surface area (Å²) in [5.41, 5.74) is 6.54. The van der Waals surface area contributed by atoms with Crippen molar-refractivity contribution in [2.75, 3.05) is 39.4 Å². The molecule has 1 aromatic carbocycles. The van der Waals surface area contributed by atoms with Crippen molar-refractivity contribution < 1.29 is 17.9 Å². The van der Waals surface area contributed by atoms with Crippen molar-refractivity contribution in [2.24, 2.45) is 5.73 Å². The van der Waals surface area contributed by atoms with Crippen LogP contribution < -0.4 is 5.73 Å². The molecular formula is C19H30ClN3O4S. The minimum Gasteiger partial charge on any atom is -0.381 e. The summed E-state index contributed by atoms with van der Waals surface area (Å²) in [5, 5.41) is 0. The van der Waals surface area contributed by atoms with Gasteiger partial charge in [-0.15, -0.1) is 12.4 Å². The smallest absolute Gasteiger partial charge is 0.243 e. The van der Waals surface area contributed by atoms with Crippen LogP contribution >= 0.6 is 12.4 Å². The van der Waals surface area contributed by atoms with Crippen molar-refractivity contribution in [1.29, 1.82) is 0 Å². The highest BCUT2D eigenvalue weighted by Gasteiger charge is 2.40. The molecule has 0 radical (unpaired) electrons. The van der Waals surface area contributed by atoms with Gasteiger partial charge in [0.25, 0.3) is 0 Å². The van der Waals surface area contributed by atoms with Gasteiger partial charge in [0.15, 0.2) is 0 Å². The zero-order valence-corrected chi connectivity index (χ0v) is 17.9. The predicted molar refractivity (Wildman–Crippen MR) is 110 cm³/mol. The third kappa shape index (κ3) is 4.86. The lowest BCUT2D eigenvalue weighted by Gasteiger charge is -2.40. The number of hydrogen-bond acceptors (Lipinski definition) is 5. The molecule has 28 heavy (non-hydrogen) atoms. The van der Waals surface area contributed by atoms with Gasteiger partial charge in [0, 0.05) is 39.4 Å². The molecule has 7 nitrogen and oxygen atoms in total. The van der Waals surface area contributed by atoms with E-state index in [1.807, 2.05) is 12.1 Å². The van der Waals surface area contributed by atoms with E-state index < -0.39 is 15.6 Å². The normalized spacial score (nSPS) is 20.4. The first-order chi connectivity index (χ1) is 12.9. The topological polar surface area (TPSA) is 92.9 Å². The maximum Gasteiger partial charge on any atom is 0.243 e. The summed E-state index contributed by atoms with van der Waals surface area (Å²) in [6.45, 7) is 4.39. The second-order valence-corrected chi connectivity index (χ2v) is 9.30. The van der Waals surface area contributed by atoms with Crippen LogP contribution in [-0.2, 0) is 26.0 Å². The number of piperazine rings is 1. The number of sulfonamides is 1. The summed E-state index contributed by atoms with van der Waals surface area (Å²) in [5.74, 6) is -0.0910. The van der Waals surface area contributed by atoms with Crippen LogP contribution in [0, 0.1) is 0 Å². The van der Waals surface area contributed by atoms with Crippen molar-refractivity contribution in [3.8, 4) is 0 Å². The number of rotatable bonds is 5. The van der Waals surface area contributed by atoms with Gasteiger partial charge in [0.05, 0.1) is 10.4 Å². The Balaban J connectivity index is 0.00000280. The fourth-order valence-electron chi connectivity index (χ4n) is 3.66. The summed E-state index contributed by atoms with van der Waals surface area (Å²) in [7, 11) is -3.54. The Kier molecular flexibility index (Phi) is 7.87. The molecule has 0 aromatic heterocycles. The fraction of sp³-hybridized carbons (Fsp3) is 0.632. The Morgan fingerprint density at radius 3 is 2.21 bits per heavy atom. The highest BCUT2D eigenvalue weighted by atomic mass is 35.5. The molecule has 0 aliphatic carbocycles. The number of carbonyl (C=O) groups is 1. The van der Waals surface area contributed by atoms with Gasteiger partial charge in [0.1, 0.15) is 0 Å². The summed E-state index contributed by atoms with van der Waals surface area (Å²) in [4.78, 5) is 14.8. The number of ether oxygens (including phenoxy) is 1. The number of nitrogens with zero attached hydrogens (tertiary/aromatic N) is 2. The lowest BCUT2D eigenvalue weighted by molar-refractivity contribution is -0.141. The van der Waals surface area contributed by atoms with E-state index in [1.165, 1.54) is 4.31 Å². The van der Waals surface area contributed by atoms with E-state index in [0.29, 0.717) is 44.0 Å². The molecule has 2 aliphatic rings. The molecule has 0 spiro atoms. The molecule has 2 heterocycles. The molecule has 3 rings (SSSR count). The van der Waals surface area contributed by atoms with E-state index in [0.717, 1.165) is 18.4 Å². The maximum absolute atomic E-state index is 12.9. The molecule has 0 bridgehead atoms. The monoisotopic (exact) mass is 431 g/mol. The van der Waals surface area contributed by atoms with E-state index in [1.54, 1.807) is 17.0 Å². The number of halogens is 1.